The predicted molar refractivity (Wildman–Crippen MR) is 165 cm³/mol. The minimum Gasteiger partial charge on any atom is -0.376 e. The van der Waals surface area contributed by atoms with Gasteiger partial charge in [0.15, 0.2) is 5.41 Å². The van der Waals surface area contributed by atoms with Gasteiger partial charge in [-0.2, -0.15) is 0 Å². The number of likely N-dealkylation sites (tertiary alicyclic amines) is 1. The van der Waals surface area contributed by atoms with Gasteiger partial charge in [-0.15, -0.1) is 0 Å². The summed E-state index contributed by atoms with van der Waals surface area (Å²) in [4.78, 5) is 38.2. The standard InChI is InChI=1S/C38H28N2O3/c1-23-17-19-26(20-18-23)34-37-32-28-13-4-6-15-30(28)33(31-16-7-5-14-29(31)32)38(37,43-39-34)36(42)40(35(37)41)22-21-25-11-8-10-24-9-2-3-12-27(24)25/h2-20,32-33H,21-22H2,1H3. The molecular formula is C38H28N2O3. The summed E-state index contributed by atoms with van der Waals surface area (Å²) in [5, 5.41) is 6.97. The highest BCUT2D eigenvalue weighted by Crippen LogP contribution is 2.72. The Hall–Kier alpha value is -5.03. The molecule has 43 heavy (non-hydrogen) atoms. The van der Waals surface area contributed by atoms with E-state index < -0.39 is 22.9 Å². The van der Waals surface area contributed by atoms with Crippen LogP contribution in [-0.4, -0.2) is 34.6 Å². The molecule has 2 unspecified atom stereocenters. The minimum atomic E-state index is -1.49. The number of carbonyl (C=O) groups excluding carboxylic acids is 2. The molecule has 208 valence electrons. The van der Waals surface area contributed by atoms with Gasteiger partial charge in [0.1, 0.15) is 5.71 Å². The van der Waals surface area contributed by atoms with Gasteiger partial charge >= 0.3 is 0 Å². The first kappa shape index (κ1) is 24.6. The fourth-order valence-corrected chi connectivity index (χ4v) is 8.54. The third kappa shape index (κ3) is 2.85. The van der Waals surface area contributed by atoms with Crippen LogP contribution < -0.4 is 0 Å². The van der Waals surface area contributed by atoms with E-state index in [1.165, 1.54) is 4.90 Å². The van der Waals surface area contributed by atoms with Crippen LogP contribution in [-0.2, 0) is 20.8 Å². The van der Waals surface area contributed by atoms with E-state index in [-0.39, 0.29) is 18.4 Å². The molecule has 0 N–H and O–H groups in total. The lowest BCUT2D eigenvalue weighted by Crippen LogP contribution is -2.65. The van der Waals surface area contributed by atoms with E-state index in [1.54, 1.807) is 0 Å². The Morgan fingerprint density at radius 3 is 2.00 bits per heavy atom. The topological polar surface area (TPSA) is 59.0 Å². The first-order valence-corrected chi connectivity index (χ1v) is 14.9. The summed E-state index contributed by atoms with van der Waals surface area (Å²) >= 11 is 0. The largest absolute Gasteiger partial charge is 0.376 e. The number of hydrogen-bond donors (Lipinski definition) is 0. The van der Waals surface area contributed by atoms with Gasteiger partial charge in [0.05, 0.1) is 5.92 Å². The molecule has 2 atom stereocenters. The van der Waals surface area contributed by atoms with Gasteiger partial charge < -0.3 is 4.84 Å². The Bertz CT molecular complexity index is 1990. The van der Waals surface area contributed by atoms with E-state index in [0.717, 1.165) is 49.7 Å². The zero-order valence-corrected chi connectivity index (χ0v) is 23.7. The lowest BCUT2D eigenvalue weighted by Gasteiger charge is -2.54. The van der Waals surface area contributed by atoms with E-state index in [0.29, 0.717) is 12.1 Å². The van der Waals surface area contributed by atoms with Crippen LogP contribution in [0.3, 0.4) is 0 Å². The van der Waals surface area contributed by atoms with Crippen LogP contribution in [0.2, 0.25) is 0 Å². The number of nitrogens with zero attached hydrogens (tertiary/aromatic N) is 2. The van der Waals surface area contributed by atoms with E-state index in [9.17, 15) is 4.79 Å². The van der Waals surface area contributed by atoms with Crippen molar-refractivity contribution in [2.24, 2.45) is 10.6 Å². The summed E-state index contributed by atoms with van der Waals surface area (Å²) in [5.41, 5.74) is 5.01. The SMILES string of the molecule is Cc1ccc(C2=NOC34C(=O)N(CCc5cccc6ccccc56)C(=O)C23C2c3ccccc3C4c3ccccc32)cc1. The van der Waals surface area contributed by atoms with Crippen LogP contribution in [0.4, 0.5) is 0 Å². The molecule has 1 fully saturated rings. The number of benzene rings is 5. The molecule has 5 heteroatoms. The first-order valence-electron chi connectivity index (χ1n) is 14.9. The summed E-state index contributed by atoms with van der Waals surface area (Å²) in [6.45, 7) is 2.31. The van der Waals surface area contributed by atoms with Crippen molar-refractivity contribution in [3.8, 4) is 0 Å². The van der Waals surface area contributed by atoms with E-state index in [4.69, 9.17) is 9.99 Å². The van der Waals surface area contributed by atoms with Gasteiger partial charge in [0, 0.05) is 18.0 Å². The zero-order chi connectivity index (χ0) is 28.9. The maximum Gasteiger partial charge on any atom is 0.278 e. The molecule has 2 heterocycles. The Kier molecular flexibility index (Phi) is 4.86. The van der Waals surface area contributed by atoms with Crippen LogP contribution >= 0.6 is 0 Å². The Morgan fingerprint density at radius 2 is 1.30 bits per heavy atom. The van der Waals surface area contributed by atoms with Crippen molar-refractivity contribution in [3.63, 3.8) is 0 Å². The molecule has 2 aliphatic heterocycles. The number of oxime groups is 1. The average Bonchev–Trinajstić information content (AvgIpc) is 3.51. The Morgan fingerprint density at radius 1 is 0.698 bits per heavy atom. The molecule has 0 saturated carbocycles. The van der Waals surface area contributed by atoms with Crippen molar-refractivity contribution < 1.29 is 14.4 Å². The van der Waals surface area contributed by atoms with Crippen molar-refractivity contribution >= 4 is 28.3 Å². The fourth-order valence-electron chi connectivity index (χ4n) is 8.54. The number of amides is 2. The van der Waals surface area contributed by atoms with Crippen LogP contribution in [0, 0.1) is 12.3 Å². The molecule has 2 bridgehead atoms. The summed E-state index contributed by atoms with van der Waals surface area (Å²) in [6, 6.07) is 39.0. The van der Waals surface area contributed by atoms with Crippen LogP contribution in [0.1, 0.15) is 50.8 Å². The van der Waals surface area contributed by atoms with E-state index in [2.05, 4.69) is 48.5 Å². The highest BCUT2D eigenvalue weighted by atomic mass is 16.7. The molecule has 5 nitrogen and oxygen atoms in total. The molecule has 0 spiro atoms. The summed E-state index contributed by atoms with van der Waals surface area (Å²) in [5.74, 6) is -1.38. The zero-order valence-electron chi connectivity index (χ0n) is 23.7. The van der Waals surface area contributed by atoms with Crippen molar-refractivity contribution in [3.05, 3.63) is 154 Å². The van der Waals surface area contributed by atoms with Gasteiger partial charge in [-0.1, -0.05) is 126 Å². The second-order valence-corrected chi connectivity index (χ2v) is 12.2. The lowest BCUT2D eigenvalue weighted by molar-refractivity contribution is -0.157. The van der Waals surface area contributed by atoms with Crippen LogP contribution in [0.5, 0.6) is 0 Å². The summed E-state index contributed by atoms with van der Waals surface area (Å²) in [6.07, 6.45) is 0.553. The number of hydrogen-bond acceptors (Lipinski definition) is 4. The number of carbonyl (C=O) groups is 2. The summed E-state index contributed by atoms with van der Waals surface area (Å²) < 4.78 is 0. The third-order valence-corrected chi connectivity index (χ3v) is 10.3. The average molecular weight is 561 g/mol. The monoisotopic (exact) mass is 560 g/mol. The molecule has 5 aromatic carbocycles. The Labute approximate surface area is 249 Å². The molecule has 1 saturated heterocycles. The second-order valence-electron chi connectivity index (χ2n) is 12.2. The van der Waals surface area contributed by atoms with Crippen molar-refractivity contribution in [1.29, 1.82) is 0 Å². The quantitative estimate of drug-likeness (QED) is 0.236. The molecular weight excluding hydrogens is 532 g/mol. The maximum absolute atomic E-state index is 15.2. The highest BCUT2D eigenvalue weighted by molar-refractivity contribution is 6.30. The van der Waals surface area contributed by atoms with Gasteiger partial charge in [0.2, 0.25) is 11.5 Å². The maximum atomic E-state index is 15.2. The molecule has 0 radical (unpaired) electrons. The van der Waals surface area contributed by atoms with Gasteiger partial charge in [-0.05, 0) is 51.9 Å². The molecule has 2 amide bonds. The third-order valence-electron chi connectivity index (χ3n) is 10.3. The minimum absolute atomic E-state index is 0.214. The first-order chi connectivity index (χ1) is 21.1. The number of fused-ring (bicyclic) bond motifs is 1. The molecule has 10 rings (SSSR count). The smallest absolute Gasteiger partial charge is 0.278 e. The number of imide groups is 1. The molecule has 0 aromatic heterocycles. The lowest BCUT2D eigenvalue weighted by atomic mass is 9.44. The molecule has 5 aliphatic rings. The van der Waals surface area contributed by atoms with Crippen LogP contribution in [0.15, 0.2) is 120 Å². The Balaban J connectivity index is 1.26. The van der Waals surface area contributed by atoms with Crippen molar-refractivity contribution in [1.82, 2.24) is 4.90 Å². The second kappa shape index (κ2) is 8.51. The molecule has 3 aliphatic carbocycles. The summed E-state index contributed by atoms with van der Waals surface area (Å²) in [7, 11) is 0. The van der Waals surface area contributed by atoms with Gasteiger partial charge in [-0.25, -0.2) is 0 Å². The van der Waals surface area contributed by atoms with Crippen molar-refractivity contribution in [2.75, 3.05) is 6.54 Å². The van der Waals surface area contributed by atoms with Gasteiger partial charge in [-0.3, -0.25) is 14.5 Å². The van der Waals surface area contributed by atoms with Crippen LogP contribution in [0.25, 0.3) is 10.8 Å². The number of aryl methyl sites for hydroxylation is 1. The fraction of sp³-hybridized carbons (Fsp3) is 0.184. The van der Waals surface area contributed by atoms with E-state index >= 15 is 4.79 Å². The predicted octanol–water partition coefficient (Wildman–Crippen LogP) is 6.51. The number of rotatable bonds is 4. The van der Waals surface area contributed by atoms with Crippen molar-refractivity contribution in [2.45, 2.75) is 30.8 Å². The molecule has 5 aromatic rings. The highest BCUT2D eigenvalue weighted by Gasteiger charge is 2.86. The normalized spacial score (nSPS) is 26.1. The van der Waals surface area contributed by atoms with Gasteiger partial charge in [0.25, 0.3) is 5.91 Å². The van der Waals surface area contributed by atoms with E-state index in [1.807, 2.05) is 73.7 Å².